The molecule has 0 aliphatic rings. The van der Waals surface area contributed by atoms with Gasteiger partial charge in [-0.2, -0.15) is 4.89 Å². The topological polar surface area (TPSA) is 52.6 Å². The van der Waals surface area contributed by atoms with Gasteiger partial charge in [0.2, 0.25) is 5.24 Å². The minimum atomic E-state index is -0.338. The van der Waals surface area contributed by atoms with Crippen LogP contribution in [0, 0.1) is 0 Å². The van der Waals surface area contributed by atoms with Crippen molar-refractivity contribution < 1.29 is 19.4 Å². The highest BCUT2D eigenvalue weighted by molar-refractivity contribution is 6.63. The van der Waals surface area contributed by atoms with E-state index >= 15 is 0 Å². The van der Waals surface area contributed by atoms with E-state index in [1.807, 2.05) is 43.3 Å². The van der Waals surface area contributed by atoms with Crippen LogP contribution < -0.4 is 0 Å². The predicted octanol–water partition coefficient (Wildman–Crippen LogP) is 4.55. The monoisotopic (exact) mass is 324 g/mol. The molecule has 0 unspecified atom stereocenters. The number of carbonyl (C=O) groups is 2. The molecule has 1 rings (SSSR count). The average Bonchev–Trinajstić information content (AvgIpc) is 2.49. The number of hydrogen-bond donors (Lipinski definition) is 0. The zero-order valence-corrected chi connectivity index (χ0v) is 13.6. The Balaban J connectivity index is 0.000000401. The lowest BCUT2D eigenvalue weighted by atomic mass is 10.1. The lowest BCUT2D eigenvalue weighted by Gasteiger charge is -2.02. The van der Waals surface area contributed by atoms with E-state index in [4.69, 9.17) is 11.6 Å². The maximum atomic E-state index is 10.3. The van der Waals surface area contributed by atoms with Crippen molar-refractivity contribution in [1.29, 1.82) is 0 Å². The Labute approximate surface area is 136 Å². The van der Waals surface area contributed by atoms with Crippen molar-refractivity contribution in [3.05, 3.63) is 53.8 Å². The number of carbonyl (C=O) groups excluding carboxylic acids is 2. The third-order valence-corrected chi connectivity index (χ3v) is 2.65. The van der Waals surface area contributed by atoms with E-state index < -0.39 is 0 Å². The molecule has 4 nitrogen and oxygen atoms in total. The molecule has 0 saturated heterocycles. The van der Waals surface area contributed by atoms with E-state index in [2.05, 4.69) is 16.4 Å². The first-order valence-electron chi connectivity index (χ1n) is 6.78. The van der Waals surface area contributed by atoms with Crippen LogP contribution in [0.25, 0.3) is 6.08 Å². The molecule has 1 aromatic rings. The van der Waals surface area contributed by atoms with Crippen molar-refractivity contribution in [2.45, 2.75) is 26.2 Å². The molecule has 0 fully saturated rings. The first kappa shape index (κ1) is 20.1. The number of halogens is 1. The molecule has 120 valence electrons. The Hall–Kier alpha value is -1.91. The van der Waals surface area contributed by atoms with E-state index in [-0.39, 0.29) is 5.24 Å². The summed E-state index contributed by atoms with van der Waals surface area (Å²) in [4.78, 5) is 29.4. The summed E-state index contributed by atoms with van der Waals surface area (Å²) in [6.07, 6.45) is 6.38. The molecular formula is C17H21ClO4. The molecule has 0 amide bonds. The average molecular weight is 325 g/mol. The molecule has 0 spiro atoms. The summed E-state index contributed by atoms with van der Waals surface area (Å²) in [5.74, 6) is 0.505. The molecule has 0 aliphatic heterocycles. The van der Waals surface area contributed by atoms with E-state index in [1.165, 1.54) is 7.11 Å². The fourth-order valence-electron chi connectivity index (χ4n) is 1.46. The minimum absolute atomic E-state index is 0.338. The zero-order valence-electron chi connectivity index (χ0n) is 12.9. The Morgan fingerprint density at radius 3 is 2.27 bits per heavy atom. The first-order chi connectivity index (χ1) is 10.5. The van der Waals surface area contributed by atoms with Gasteiger partial charge in [-0.25, -0.2) is 0 Å². The lowest BCUT2D eigenvalue weighted by Crippen LogP contribution is -1.91. The quantitative estimate of drug-likeness (QED) is 0.231. The van der Waals surface area contributed by atoms with Gasteiger partial charge in [-0.15, -0.1) is 0 Å². The third kappa shape index (κ3) is 10.8. The fraction of sp³-hybridized carbons (Fsp3) is 0.294. The number of rotatable bonds is 8. The fourth-order valence-corrected chi connectivity index (χ4v) is 1.60. The van der Waals surface area contributed by atoms with Gasteiger partial charge < -0.3 is 4.89 Å². The van der Waals surface area contributed by atoms with Gasteiger partial charge in [-0.1, -0.05) is 43.0 Å². The second-order valence-electron chi connectivity index (χ2n) is 4.28. The van der Waals surface area contributed by atoms with E-state index in [9.17, 15) is 9.59 Å². The molecule has 0 saturated carbocycles. The van der Waals surface area contributed by atoms with Gasteiger partial charge in [0.15, 0.2) is 0 Å². The molecular weight excluding hydrogens is 304 g/mol. The molecule has 5 heteroatoms. The zero-order chi connectivity index (χ0) is 16.8. The van der Waals surface area contributed by atoms with Crippen LogP contribution in [0.4, 0.5) is 0 Å². The summed E-state index contributed by atoms with van der Waals surface area (Å²) in [6, 6.07) is 7.46. The van der Waals surface area contributed by atoms with Crippen molar-refractivity contribution in [3.63, 3.8) is 0 Å². The standard InChI is InChI=1S/C10H10O.C7H11ClO3/c1-2-3-9-4-6-10(8-11)7-5-9;1-6(11-10-2)4-3-5-7(8)9/h2-8H,1H3;1,3-5H2,2H3/b3-2+;. The molecule has 0 aromatic heterocycles. The smallest absolute Gasteiger partial charge is 0.221 e. The van der Waals surface area contributed by atoms with Crippen molar-refractivity contribution >= 4 is 29.2 Å². The second kappa shape index (κ2) is 12.8. The van der Waals surface area contributed by atoms with Crippen LogP contribution in [0.3, 0.4) is 0 Å². The van der Waals surface area contributed by atoms with Crippen molar-refractivity contribution in [2.24, 2.45) is 0 Å². The van der Waals surface area contributed by atoms with E-state index in [0.29, 0.717) is 25.0 Å². The second-order valence-corrected chi connectivity index (χ2v) is 4.70. The number of benzene rings is 1. The minimum Gasteiger partial charge on any atom is -0.343 e. The Morgan fingerprint density at radius 2 is 1.82 bits per heavy atom. The highest BCUT2D eigenvalue weighted by Crippen LogP contribution is 2.07. The molecule has 0 bridgehead atoms. The van der Waals surface area contributed by atoms with Gasteiger partial charge in [0.05, 0.1) is 7.11 Å². The molecule has 1 aromatic carbocycles. The van der Waals surface area contributed by atoms with Crippen molar-refractivity contribution in [3.8, 4) is 0 Å². The SMILES string of the molecule is C/C=C/c1ccc(C=O)cc1.C=C(CCCC(=O)Cl)OOC. The van der Waals surface area contributed by atoms with Gasteiger partial charge in [0, 0.05) is 18.4 Å². The molecule has 0 N–H and O–H groups in total. The summed E-state index contributed by atoms with van der Waals surface area (Å²) in [7, 11) is 1.40. The van der Waals surface area contributed by atoms with Crippen molar-refractivity contribution in [1.82, 2.24) is 0 Å². The maximum absolute atomic E-state index is 10.3. The largest absolute Gasteiger partial charge is 0.343 e. The van der Waals surface area contributed by atoms with Crippen LogP contribution in [0.5, 0.6) is 0 Å². The summed E-state index contributed by atoms with van der Waals surface area (Å²) >= 11 is 5.10. The van der Waals surface area contributed by atoms with Gasteiger partial charge in [-0.05, 0) is 30.5 Å². The van der Waals surface area contributed by atoms with E-state index in [0.717, 1.165) is 17.4 Å². The third-order valence-electron chi connectivity index (χ3n) is 2.46. The van der Waals surface area contributed by atoms with Gasteiger partial charge in [0.1, 0.15) is 12.0 Å². The Morgan fingerprint density at radius 1 is 1.23 bits per heavy atom. The molecule has 0 radical (unpaired) electrons. The number of aldehydes is 1. The maximum Gasteiger partial charge on any atom is 0.221 e. The molecule has 0 atom stereocenters. The van der Waals surface area contributed by atoms with Crippen molar-refractivity contribution in [2.75, 3.05) is 7.11 Å². The highest BCUT2D eigenvalue weighted by Gasteiger charge is 1.99. The molecule has 0 aliphatic carbocycles. The predicted molar refractivity (Wildman–Crippen MR) is 88.5 cm³/mol. The van der Waals surface area contributed by atoms with Crippen LogP contribution in [0.1, 0.15) is 42.1 Å². The van der Waals surface area contributed by atoms with Gasteiger partial charge >= 0.3 is 0 Å². The first-order valence-corrected chi connectivity index (χ1v) is 7.16. The Kier molecular flexibility index (Phi) is 11.7. The van der Waals surface area contributed by atoms with Gasteiger partial charge in [-0.3, -0.25) is 9.59 Å². The number of allylic oxidation sites excluding steroid dienone is 2. The van der Waals surface area contributed by atoms with Crippen LogP contribution >= 0.6 is 11.6 Å². The van der Waals surface area contributed by atoms with Crippen LogP contribution in [0.2, 0.25) is 0 Å². The normalized spacial score (nSPS) is 9.77. The van der Waals surface area contributed by atoms with Crippen LogP contribution in [0.15, 0.2) is 42.7 Å². The summed E-state index contributed by atoms with van der Waals surface area (Å²) in [5.41, 5.74) is 1.84. The number of hydrogen-bond acceptors (Lipinski definition) is 4. The lowest BCUT2D eigenvalue weighted by molar-refractivity contribution is -0.239. The van der Waals surface area contributed by atoms with E-state index in [1.54, 1.807) is 0 Å². The summed E-state index contributed by atoms with van der Waals surface area (Å²) in [6.45, 7) is 5.51. The molecule has 0 heterocycles. The highest BCUT2D eigenvalue weighted by atomic mass is 35.5. The van der Waals surface area contributed by atoms with Gasteiger partial charge in [0.25, 0.3) is 0 Å². The summed E-state index contributed by atoms with van der Waals surface area (Å²) < 4.78 is 0. The molecule has 22 heavy (non-hydrogen) atoms. The Bertz CT molecular complexity index is 492. The van der Waals surface area contributed by atoms with Crippen LogP contribution in [-0.4, -0.2) is 18.6 Å². The van der Waals surface area contributed by atoms with Crippen LogP contribution in [-0.2, 0) is 14.6 Å². The summed E-state index contributed by atoms with van der Waals surface area (Å²) in [5, 5.41) is -0.338.